The van der Waals surface area contributed by atoms with Crippen molar-refractivity contribution in [3.8, 4) is 17.2 Å². The average Bonchev–Trinajstić information content (AvgIpc) is 3.08. The maximum absolute atomic E-state index is 13.7. The van der Waals surface area contributed by atoms with Gasteiger partial charge in [-0.1, -0.05) is 6.07 Å². The van der Waals surface area contributed by atoms with Crippen molar-refractivity contribution in [2.24, 2.45) is 0 Å². The van der Waals surface area contributed by atoms with Crippen LogP contribution in [0.3, 0.4) is 0 Å². The number of amides is 1. The molecule has 0 fully saturated rings. The van der Waals surface area contributed by atoms with Gasteiger partial charge in [-0.3, -0.25) is 9.59 Å². The van der Waals surface area contributed by atoms with Crippen molar-refractivity contribution in [1.82, 2.24) is 9.78 Å². The van der Waals surface area contributed by atoms with E-state index in [-0.39, 0.29) is 18.1 Å². The number of fused-ring (bicyclic) bond motifs is 1. The number of hydrogen-bond acceptors (Lipinski definition) is 5. The highest BCUT2D eigenvalue weighted by Crippen LogP contribution is 2.40. The van der Waals surface area contributed by atoms with E-state index in [1.807, 2.05) is 0 Å². The molecule has 0 saturated heterocycles. The van der Waals surface area contributed by atoms with Crippen molar-refractivity contribution in [3.05, 3.63) is 65.1 Å². The first-order chi connectivity index (χ1) is 14.4. The number of benzene rings is 2. The second-order valence-corrected chi connectivity index (χ2v) is 6.97. The maximum atomic E-state index is 13.7. The molecule has 0 radical (unpaired) electrons. The van der Waals surface area contributed by atoms with E-state index in [4.69, 9.17) is 9.47 Å². The van der Waals surface area contributed by atoms with Gasteiger partial charge in [0, 0.05) is 12.0 Å². The lowest BCUT2D eigenvalue weighted by Gasteiger charge is -2.24. The van der Waals surface area contributed by atoms with E-state index >= 15 is 0 Å². The van der Waals surface area contributed by atoms with Gasteiger partial charge >= 0.3 is 0 Å². The molecule has 7 nitrogen and oxygen atoms in total. The monoisotopic (exact) mass is 409 g/mol. The van der Waals surface area contributed by atoms with Crippen LogP contribution in [0.5, 0.6) is 11.5 Å². The molecule has 0 bridgehead atoms. The zero-order valence-corrected chi connectivity index (χ0v) is 16.7. The topological polar surface area (TPSA) is 82.4 Å². The van der Waals surface area contributed by atoms with Gasteiger partial charge < -0.3 is 14.8 Å². The first-order valence-electron chi connectivity index (χ1n) is 9.34. The highest BCUT2D eigenvalue weighted by molar-refractivity contribution is 6.09. The fourth-order valence-electron chi connectivity index (χ4n) is 3.76. The van der Waals surface area contributed by atoms with Crippen LogP contribution < -0.4 is 14.8 Å². The normalized spacial score (nSPS) is 15.3. The van der Waals surface area contributed by atoms with Gasteiger partial charge in [0.2, 0.25) is 5.91 Å². The molecule has 1 aromatic heterocycles. The second-order valence-electron chi connectivity index (χ2n) is 6.97. The first-order valence-corrected chi connectivity index (χ1v) is 9.34. The number of ketones is 1. The molecule has 2 heterocycles. The number of carbonyl (C=O) groups excluding carboxylic acids is 2. The van der Waals surface area contributed by atoms with Crippen molar-refractivity contribution >= 4 is 17.5 Å². The molecule has 0 aliphatic carbocycles. The number of ether oxygens (including phenoxy) is 2. The van der Waals surface area contributed by atoms with Gasteiger partial charge in [-0.25, -0.2) is 9.07 Å². The van der Waals surface area contributed by atoms with Crippen molar-refractivity contribution in [1.29, 1.82) is 0 Å². The van der Waals surface area contributed by atoms with E-state index < -0.39 is 11.7 Å². The molecule has 0 saturated carbocycles. The zero-order valence-electron chi connectivity index (χ0n) is 16.7. The van der Waals surface area contributed by atoms with Crippen LogP contribution in [0.4, 0.5) is 10.2 Å². The number of anilines is 1. The minimum Gasteiger partial charge on any atom is -0.497 e. The van der Waals surface area contributed by atoms with Gasteiger partial charge in [-0.15, -0.1) is 0 Å². The van der Waals surface area contributed by atoms with Crippen LogP contribution in [-0.2, 0) is 4.79 Å². The Kier molecular flexibility index (Phi) is 4.99. The Morgan fingerprint density at radius 2 is 2.00 bits per heavy atom. The molecule has 0 spiro atoms. The number of aromatic nitrogens is 2. The van der Waals surface area contributed by atoms with Crippen LogP contribution in [0.2, 0.25) is 0 Å². The summed E-state index contributed by atoms with van der Waals surface area (Å²) in [6.45, 7) is 1.76. The summed E-state index contributed by atoms with van der Waals surface area (Å²) in [7, 11) is 2.99. The largest absolute Gasteiger partial charge is 0.497 e. The summed E-state index contributed by atoms with van der Waals surface area (Å²) < 4.78 is 25.8. The molecule has 8 heteroatoms. The average molecular weight is 409 g/mol. The summed E-state index contributed by atoms with van der Waals surface area (Å²) in [4.78, 5) is 26.0. The number of rotatable bonds is 5. The number of aryl methyl sites for hydroxylation is 1. The molecule has 1 unspecified atom stereocenters. The van der Waals surface area contributed by atoms with E-state index in [1.54, 1.807) is 37.3 Å². The third kappa shape index (κ3) is 3.30. The van der Waals surface area contributed by atoms with Crippen LogP contribution in [-0.4, -0.2) is 35.7 Å². The summed E-state index contributed by atoms with van der Waals surface area (Å²) >= 11 is 0. The van der Waals surface area contributed by atoms with Gasteiger partial charge in [0.15, 0.2) is 5.78 Å². The van der Waals surface area contributed by atoms with Crippen LogP contribution in [0.15, 0.2) is 42.5 Å². The molecule has 1 aliphatic heterocycles. The van der Waals surface area contributed by atoms with Crippen molar-refractivity contribution in [2.75, 3.05) is 19.5 Å². The predicted octanol–water partition coefficient (Wildman–Crippen LogP) is 3.65. The summed E-state index contributed by atoms with van der Waals surface area (Å²) in [5.74, 6) is -0.503. The number of Topliss-reactive ketones (excluding diaryl/α,β-unsaturated/α-hetero) is 1. The molecule has 1 N–H and O–H groups in total. The molecule has 154 valence electrons. The van der Waals surface area contributed by atoms with E-state index in [1.165, 1.54) is 31.0 Å². The molecular formula is C22H20FN3O4. The van der Waals surface area contributed by atoms with Crippen molar-refractivity contribution in [2.45, 2.75) is 19.3 Å². The Bertz CT molecular complexity index is 1160. The van der Waals surface area contributed by atoms with Crippen LogP contribution in [0.25, 0.3) is 5.69 Å². The minimum absolute atomic E-state index is 0.0259. The Balaban J connectivity index is 1.84. The fourth-order valence-corrected chi connectivity index (χ4v) is 3.76. The van der Waals surface area contributed by atoms with Crippen LogP contribution in [0, 0.1) is 12.7 Å². The summed E-state index contributed by atoms with van der Waals surface area (Å²) in [6.07, 6.45) is -0.0259. The maximum Gasteiger partial charge on any atom is 0.226 e. The smallest absolute Gasteiger partial charge is 0.226 e. The Morgan fingerprint density at radius 3 is 2.70 bits per heavy atom. The van der Waals surface area contributed by atoms with Crippen molar-refractivity contribution < 1.29 is 23.5 Å². The molecule has 3 aromatic rings. The van der Waals surface area contributed by atoms with Crippen LogP contribution >= 0.6 is 0 Å². The molecule has 4 rings (SSSR count). The van der Waals surface area contributed by atoms with Gasteiger partial charge in [0.05, 0.1) is 37.1 Å². The summed E-state index contributed by atoms with van der Waals surface area (Å²) in [5.41, 5.74) is 1.95. The standard InChI is InChI=1S/C22H20FN3O4/c1-12-20-17(21(28)16-10-15(29-2)7-8-18(16)30-3)11-19(27)24-22(20)26(25-12)14-6-4-5-13(23)9-14/h4-10,17H,11H2,1-3H3,(H,24,27). The molecule has 1 aliphatic rings. The minimum atomic E-state index is -0.753. The number of nitrogens with zero attached hydrogens (tertiary/aromatic N) is 2. The Labute approximate surface area is 172 Å². The van der Waals surface area contributed by atoms with E-state index in [9.17, 15) is 14.0 Å². The van der Waals surface area contributed by atoms with Gasteiger partial charge in [0.1, 0.15) is 23.1 Å². The Morgan fingerprint density at radius 1 is 1.20 bits per heavy atom. The highest BCUT2D eigenvalue weighted by atomic mass is 19.1. The van der Waals surface area contributed by atoms with Gasteiger partial charge in [-0.05, 0) is 43.3 Å². The third-order valence-corrected chi connectivity index (χ3v) is 5.14. The van der Waals surface area contributed by atoms with Gasteiger partial charge in [0.25, 0.3) is 0 Å². The number of carbonyl (C=O) groups is 2. The van der Waals surface area contributed by atoms with Gasteiger partial charge in [-0.2, -0.15) is 5.10 Å². The summed E-state index contributed by atoms with van der Waals surface area (Å²) in [5, 5.41) is 7.25. The lowest BCUT2D eigenvalue weighted by Crippen LogP contribution is -2.28. The van der Waals surface area contributed by atoms with E-state index in [0.717, 1.165) is 0 Å². The van der Waals surface area contributed by atoms with Crippen molar-refractivity contribution in [3.63, 3.8) is 0 Å². The molecule has 1 atom stereocenters. The molecule has 30 heavy (non-hydrogen) atoms. The SMILES string of the molecule is COc1ccc(OC)c(C(=O)C2CC(=O)Nc3c2c(C)nn3-c2cccc(F)c2)c1. The second kappa shape index (κ2) is 7.62. The first kappa shape index (κ1) is 19.6. The number of nitrogens with one attached hydrogen (secondary N) is 1. The third-order valence-electron chi connectivity index (χ3n) is 5.14. The number of hydrogen-bond donors (Lipinski definition) is 1. The quantitative estimate of drug-likeness (QED) is 0.651. The van der Waals surface area contributed by atoms with E-state index in [2.05, 4.69) is 10.4 Å². The fraction of sp³-hybridized carbons (Fsp3) is 0.227. The number of methoxy groups -OCH3 is 2. The predicted molar refractivity (Wildman–Crippen MR) is 108 cm³/mol. The molecule has 1 amide bonds. The number of halogens is 1. The van der Waals surface area contributed by atoms with Crippen LogP contribution in [0.1, 0.15) is 34.0 Å². The highest BCUT2D eigenvalue weighted by Gasteiger charge is 2.37. The van der Waals surface area contributed by atoms with E-state index in [0.29, 0.717) is 39.8 Å². The zero-order chi connectivity index (χ0) is 21.4. The molecular weight excluding hydrogens is 389 g/mol. The Hall–Kier alpha value is -3.68. The molecule has 2 aromatic carbocycles. The lowest BCUT2D eigenvalue weighted by atomic mass is 9.85. The lowest BCUT2D eigenvalue weighted by molar-refractivity contribution is -0.116. The summed E-state index contributed by atoms with van der Waals surface area (Å²) in [6, 6.07) is 10.8.